The number of nitrogens with two attached hydrogens (primary N) is 1. The Balaban J connectivity index is 2.59. The lowest BCUT2D eigenvalue weighted by Gasteiger charge is -1.95. The Labute approximate surface area is 81.9 Å². The average molecular weight is 191 g/mol. The fraction of sp³-hybridized carbons (Fsp3) is 0.333. The van der Waals surface area contributed by atoms with E-state index in [1.165, 1.54) is 0 Å². The second kappa shape index (κ2) is 2.87. The summed E-state index contributed by atoms with van der Waals surface area (Å²) in [6, 6.07) is 0. The molecule has 0 atom stereocenters. The topological polar surface area (TPSA) is 72.5 Å². The maximum Gasteiger partial charge on any atom is 0.148 e. The van der Waals surface area contributed by atoms with Gasteiger partial charge in [0.05, 0.1) is 5.69 Å². The smallest absolute Gasteiger partial charge is 0.148 e. The molecule has 0 saturated heterocycles. The Kier molecular flexibility index (Phi) is 1.80. The summed E-state index contributed by atoms with van der Waals surface area (Å²) in [5.41, 5.74) is 9.53. The van der Waals surface area contributed by atoms with Crippen LogP contribution < -0.4 is 5.73 Å². The van der Waals surface area contributed by atoms with Crippen LogP contribution in [0.4, 0.5) is 5.82 Å². The largest absolute Gasteiger partial charge is 0.382 e. The number of rotatable bonds is 1. The highest BCUT2D eigenvalue weighted by Crippen LogP contribution is 2.24. The standard InChI is InChI=1S/C9H13N5/c1-5-4-14(3)13-7(5)8-6(2)9(10)12-11-8/h4H,1-3H3,(H3,10,11,12). The zero-order valence-corrected chi connectivity index (χ0v) is 8.50. The van der Waals surface area contributed by atoms with Gasteiger partial charge in [0.1, 0.15) is 11.5 Å². The molecule has 0 unspecified atom stereocenters. The number of aromatic nitrogens is 4. The highest BCUT2D eigenvalue weighted by molar-refractivity contribution is 5.66. The van der Waals surface area contributed by atoms with Gasteiger partial charge < -0.3 is 5.73 Å². The van der Waals surface area contributed by atoms with Crippen LogP contribution in [0.15, 0.2) is 6.20 Å². The van der Waals surface area contributed by atoms with Gasteiger partial charge in [0.2, 0.25) is 0 Å². The van der Waals surface area contributed by atoms with Gasteiger partial charge in [-0.05, 0) is 19.4 Å². The Hall–Kier alpha value is -1.78. The number of hydrogen-bond donors (Lipinski definition) is 2. The fourth-order valence-electron chi connectivity index (χ4n) is 1.50. The lowest BCUT2D eigenvalue weighted by Crippen LogP contribution is -1.90. The molecule has 14 heavy (non-hydrogen) atoms. The third-order valence-electron chi connectivity index (χ3n) is 2.30. The van der Waals surface area contributed by atoms with Crippen molar-refractivity contribution in [2.45, 2.75) is 13.8 Å². The van der Waals surface area contributed by atoms with E-state index in [-0.39, 0.29) is 0 Å². The molecule has 3 N–H and O–H groups in total. The predicted molar refractivity (Wildman–Crippen MR) is 54.7 cm³/mol. The number of nitrogen functional groups attached to an aromatic ring is 1. The van der Waals surface area contributed by atoms with Crippen molar-refractivity contribution in [3.8, 4) is 11.4 Å². The van der Waals surface area contributed by atoms with Crippen molar-refractivity contribution in [3.63, 3.8) is 0 Å². The molecule has 2 aromatic heterocycles. The van der Waals surface area contributed by atoms with Gasteiger partial charge in [-0.25, -0.2) is 0 Å². The molecule has 0 amide bonds. The molecular weight excluding hydrogens is 178 g/mol. The van der Waals surface area contributed by atoms with Crippen molar-refractivity contribution in [2.75, 3.05) is 5.73 Å². The van der Waals surface area contributed by atoms with E-state index in [4.69, 9.17) is 5.73 Å². The Morgan fingerprint density at radius 2 is 2.14 bits per heavy atom. The number of hydrogen-bond acceptors (Lipinski definition) is 3. The van der Waals surface area contributed by atoms with E-state index in [0.29, 0.717) is 5.82 Å². The summed E-state index contributed by atoms with van der Waals surface area (Å²) in [5.74, 6) is 0.532. The zero-order valence-electron chi connectivity index (χ0n) is 8.50. The van der Waals surface area contributed by atoms with E-state index in [9.17, 15) is 0 Å². The molecule has 0 aliphatic carbocycles. The van der Waals surface area contributed by atoms with Crippen LogP contribution in [0.25, 0.3) is 11.4 Å². The summed E-state index contributed by atoms with van der Waals surface area (Å²) in [7, 11) is 1.89. The van der Waals surface area contributed by atoms with Crippen LogP contribution in [0.2, 0.25) is 0 Å². The van der Waals surface area contributed by atoms with Gasteiger partial charge in [0.15, 0.2) is 0 Å². The molecule has 74 valence electrons. The third-order valence-corrected chi connectivity index (χ3v) is 2.30. The van der Waals surface area contributed by atoms with Crippen LogP contribution in [-0.4, -0.2) is 20.0 Å². The van der Waals surface area contributed by atoms with Crippen LogP contribution in [0.1, 0.15) is 11.1 Å². The molecule has 0 radical (unpaired) electrons. The van der Waals surface area contributed by atoms with Gasteiger partial charge in [0, 0.05) is 18.8 Å². The molecule has 2 aromatic rings. The number of anilines is 1. The minimum absolute atomic E-state index is 0.532. The van der Waals surface area contributed by atoms with E-state index in [1.54, 1.807) is 4.68 Å². The Bertz CT molecular complexity index is 466. The third kappa shape index (κ3) is 1.17. The first kappa shape index (κ1) is 8.80. The fourth-order valence-corrected chi connectivity index (χ4v) is 1.50. The van der Waals surface area contributed by atoms with Crippen LogP contribution in [0.3, 0.4) is 0 Å². The molecule has 5 nitrogen and oxygen atoms in total. The molecule has 2 heterocycles. The minimum Gasteiger partial charge on any atom is -0.382 e. The van der Waals surface area contributed by atoms with Gasteiger partial charge in [-0.3, -0.25) is 9.78 Å². The molecule has 5 heteroatoms. The first-order chi connectivity index (χ1) is 6.59. The van der Waals surface area contributed by atoms with Gasteiger partial charge in [-0.1, -0.05) is 0 Å². The van der Waals surface area contributed by atoms with Gasteiger partial charge in [-0.15, -0.1) is 0 Å². The molecule has 0 bridgehead atoms. The maximum absolute atomic E-state index is 5.66. The molecule has 0 aromatic carbocycles. The van der Waals surface area contributed by atoms with Crippen molar-refractivity contribution < 1.29 is 0 Å². The van der Waals surface area contributed by atoms with Gasteiger partial charge in [-0.2, -0.15) is 10.2 Å². The number of nitrogens with one attached hydrogen (secondary N) is 1. The molecule has 2 rings (SSSR count). The number of nitrogens with zero attached hydrogens (tertiary/aromatic N) is 3. The molecule has 0 fully saturated rings. The molecule has 0 aliphatic heterocycles. The number of aromatic amines is 1. The number of H-pyrrole nitrogens is 1. The zero-order chi connectivity index (χ0) is 10.3. The Morgan fingerprint density at radius 1 is 1.43 bits per heavy atom. The van der Waals surface area contributed by atoms with E-state index in [0.717, 1.165) is 22.5 Å². The lowest BCUT2D eigenvalue weighted by atomic mass is 10.1. The highest BCUT2D eigenvalue weighted by atomic mass is 15.3. The molecule has 0 spiro atoms. The summed E-state index contributed by atoms with van der Waals surface area (Å²) >= 11 is 0. The minimum atomic E-state index is 0.532. The van der Waals surface area contributed by atoms with Crippen LogP contribution in [0.5, 0.6) is 0 Å². The lowest BCUT2D eigenvalue weighted by molar-refractivity contribution is 0.769. The van der Waals surface area contributed by atoms with Crippen molar-refractivity contribution >= 4 is 5.82 Å². The van der Waals surface area contributed by atoms with Crippen LogP contribution >= 0.6 is 0 Å². The van der Waals surface area contributed by atoms with E-state index < -0.39 is 0 Å². The average Bonchev–Trinajstić information content (AvgIpc) is 2.59. The Morgan fingerprint density at radius 3 is 2.57 bits per heavy atom. The van der Waals surface area contributed by atoms with Crippen molar-refractivity contribution in [1.29, 1.82) is 0 Å². The van der Waals surface area contributed by atoms with Crippen molar-refractivity contribution in [3.05, 3.63) is 17.3 Å². The van der Waals surface area contributed by atoms with Gasteiger partial charge in [0.25, 0.3) is 0 Å². The summed E-state index contributed by atoms with van der Waals surface area (Å²) in [5, 5.41) is 11.2. The quantitative estimate of drug-likeness (QED) is 0.706. The molecule has 0 saturated carbocycles. The summed E-state index contributed by atoms with van der Waals surface area (Å²) in [6.45, 7) is 3.95. The first-order valence-electron chi connectivity index (χ1n) is 4.40. The second-order valence-corrected chi connectivity index (χ2v) is 3.44. The summed E-state index contributed by atoms with van der Waals surface area (Å²) in [6.07, 6.45) is 1.96. The van der Waals surface area contributed by atoms with Crippen LogP contribution in [-0.2, 0) is 7.05 Å². The van der Waals surface area contributed by atoms with Gasteiger partial charge >= 0.3 is 0 Å². The second-order valence-electron chi connectivity index (χ2n) is 3.44. The van der Waals surface area contributed by atoms with E-state index >= 15 is 0 Å². The summed E-state index contributed by atoms with van der Waals surface area (Å²) in [4.78, 5) is 0. The maximum atomic E-state index is 5.66. The number of aryl methyl sites for hydroxylation is 2. The van der Waals surface area contributed by atoms with Crippen LogP contribution in [0, 0.1) is 13.8 Å². The van der Waals surface area contributed by atoms with E-state index in [1.807, 2.05) is 27.1 Å². The molecule has 0 aliphatic rings. The van der Waals surface area contributed by atoms with Crippen molar-refractivity contribution in [2.24, 2.45) is 7.05 Å². The monoisotopic (exact) mass is 191 g/mol. The molecular formula is C9H13N5. The van der Waals surface area contributed by atoms with E-state index in [2.05, 4.69) is 15.3 Å². The normalized spacial score (nSPS) is 10.8. The summed E-state index contributed by atoms with van der Waals surface area (Å²) < 4.78 is 1.78. The predicted octanol–water partition coefficient (Wildman–Crippen LogP) is 1.01. The SMILES string of the molecule is Cc1cn(C)nc1-c1[nH]nc(N)c1C. The first-order valence-corrected chi connectivity index (χ1v) is 4.40. The highest BCUT2D eigenvalue weighted by Gasteiger charge is 2.13. The van der Waals surface area contributed by atoms with Crippen molar-refractivity contribution in [1.82, 2.24) is 20.0 Å².